The van der Waals surface area contributed by atoms with Crippen LogP contribution in [0.4, 0.5) is 5.69 Å². The average Bonchev–Trinajstić information content (AvgIpc) is 2.72. The fourth-order valence-electron chi connectivity index (χ4n) is 3.41. The van der Waals surface area contributed by atoms with Crippen LogP contribution in [0.3, 0.4) is 0 Å². The van der Waals surface area contributed by atoms with Crippen molar-refractivity contribution in [2.75, 3.05) is 85.1 Å². The van der Waals surface area contributed by atoms with Crippen molar-refractivity contribution in [1.82, 2.24) is 15.1 Å². The van der Waals surface area contributed by atoms with Crippen LogP contribution >= 0.6 is 0 Å². The topological polar surface area (TPSA) is 57.3 Å². The Bertz CT molecular complexity index is 559. The smallest absolute Gasteiger partial charge is 0.234 e. The largest absolute Gasteiger partial charge is 0.497 e. The average molecular weight is 393 g/mol. The second-order valence-corrected chi connectivity index (χ2v) is 7.31. The minimum absolute atomic E-state index is 0.101. The molecule has 1 aromatic carbocycles. The number of hydrogen-bond donors (Lipinski definition) is 1. The Labute approximate surface area is 169 Å². The molecule has 1 aliphatic rings. The fraction of sp³-hybridized carbons (Fsp3) is 0.667. The molecule has 158 valence electrons. The third-order valence-electron chi connectivity index (χ3n) is 5.08. The Morgan fingerprint density at radius 1 is 1.11 bits per heavy atom. The maximum atomic E-state index is 12.0. The summed E-state index contributed by atoms with van der Waals surface area (Å²) in [7, 11) is 5.36. The maximum absolute atomic E-state index is 12.0. The van der Waals surface area contributed by atoms with Gasteiger partial charge in [0.1, 0.15) is 5.75 Å². The van der Waals surface area contributed by atoms with E-state index in [4.69, 9.17) is 9.47 Å². The summed E-state index contributed by atoms with van der Waals surface area (Å²) in [5.74, 6) is 0.995. The molecular weight excluding hydrogens is 356 g/mol. The van der Waals surface area contributed by atoms with Crippen LogP contribution in [-0.2, 0) is 9.53 Å². The number of ether oxygens (including phenoxy) is 2. The molecule has 1 aliphatic heterocycles. The summed E-state index contributed by atoms with van der Waals surface area (Å²) in [5.41, 5.74) is 1.25. The summed E-state index contributed by atoms with van der Waals surface area (Å²) in [5, 5.41) is 3.03. The first kappa shape index (κ1) is 22.5. The molecule has 1 amide bonds. The normalized spacial score (nSPS) is 15.1. The predicted octanol–water partition coefficient (Wildman–Crippen LogP) is 1.29. The van der Waals surface area contributed by atoms with Crippen LogP contribution in [0.1, 0.15) is 12.8 Å². The molecule has 2 rings (SSSR count). The highest BCUT2D eigenvalue weighted by molar-refractivity contribution is 5.77. The number of benzene rings is 1. The minimum atomic E-state index is 0.101. The second kappa shape index (κ2) is 12.6. The van der Waals surface area contributed by atoms with Gasteiger partial charge in [0.25, 0.3) is 0 Å². The van der Waals surface area contributed by atoms with E-state index in [1.807, 2.05) is 24.1 Å². The molecule has 0 radical (unpaired) electrons. The Kier molecular flexibility index (Phi) is 10.1. The number of nitrogens with one attached hydrogen (secondary N) is 1. The highest BCUT2D eigenvalue weighted by atomic mass is 16.5. The fourth-order valence-corrected chi connectivity index (χ4v) is 3.41. The van der Waals surface area contributed by atoms with Gasteiger partial charge in [0, 0.05) is 58.7 Å². The van der Waals surface area contributed by atoms with Crippen LogP contribution < -0.4 is 15.0 Å². The Hall–Kier alpha value is -1.83. The number of anilines is 1. The van der Waals surface area contributed by atoms with Crippen molar-refractivity contribution in [2.24, 2.45) is 0 Å². The van der Waals surface area contributed by atoms with E-state index in [0.29, 0.717) is 6.54 Å². The van der Waals surface area contributed by atoms with Crippen molar-refractivity contribution in [3.63, 3.8) is 0 Å². The van der Waals surface area contributed by atoms with Gasteiger partial charge in [0.05, 0.1) is 13.7 Å². The monoisotopic (exact) mass is 392 g/mol. The number of carbonyl (C=O) groups is 1. The first-order valence-electron chi connectivity index (χ1n) is 10.2. The number of rotatable bonds is 12. The first-order chi connectivity index (χ1) is 13.6. The van der Waals surface area contributed by atoms with Gasteiger partial charge in [-0.3, -0.25) is 14.6 Å². The van der Waals surface area contributed by atoms with E-state index < -0.39 is 0 Å². The number of carbonyl (C=O) groups excluding carboxylic acids is 1. The third-order valence-corrected chi connectivity index (χ3v) is 5.08. The van der Waals surface area contributed by atoms with Crippen molar-refractivity contribution in [3.8, 4) is 5.75 Å². The van der Waals surface area contributed by atoms with Gasteiger partial charge in [-0.25, -0.2) is 0 Å². The lowest BCUT2D eigenvalue weighted by atomic mass is 10.2. The number of hydrogen-bond acceptors (Lipinski definition) is 6. The standard InChI is InChI=1S/C21H36N4O3/c1-23(11-5-17-27-2)18-21(26)22-10-4-12-24-13-15-25(16-14-24)19-6-8-20(28-3)9-7-19/h6-9H,4-5,10-18H2,1-3H3,(H,22,26). The lowest BCUT2D eigenvalue weighted by molar-refractivity contribution is -0.122. The number of nitrogens with zero attached hydrogens (tertiary/aromatic N) is 3. The van der Waals surface area contributed by atoms with Crippen LogP contribution in [-0.4, -0.2) is 95.9 Å². The second-order valence-electron chi connectivity index (χ2n) is 7.31. The van der Waals surface area contributed by atoms with Gasteiger partial charge >= 0.3 is 0 Å². The van der Waals surface area contributed by atoms with Crippen molar-refractivity contribution in [3.05, 3.63) is 24.3 Å². The SMILES string of the molecule is COCCCN(C)CC(=O)NCCCN1CCN(c2ccc(OC)cc2)CC1. The molecule has 0 saturated carbocycles. The minimum Gasteiger partial charge on any atom is -0.497 e. The third kappa shape index (κ3) is 8.04. The predicted molar refractivity (Wildman–Crippen MR) is 113 cm³/mol. The summed E-state index contributed by atoms with van der Waals surface area (Å²) >= 11 is 0. The van der Waals surface area contributed by atoms with Crippen molar-refractivity contribution < 1.29 is 14.3 Å². The molecule has 1 N–H and O–H groups in total. The highest BCUT2D eigenvalue weighted by Gasteiger charge is 2.17. The Balaban J connectivity index is 1.55. The van der Waals surface area contributed by atoms with E-state index in [2.05, 4.69) is 27.2 Å². The van der Waals surface area contributed by atoms with Gasteiger partial charge < -0.3 is 19.7 Å². The van der Waals surface area contributed by atoms with Crippen molar-refractivity contribution >= 4 is 11.6 Å². The van der Waals surface area contributed by atoms with Gasteiger partial charge in [-0.2, -0.15) is 0 Å². The van der Waals surface area contributed by atoms with Crippen LogP contribution in [0.25, 0.3) is 0 Å². The van der Waals surface area contributed by atoms with Gasteiger partial charge in [0.2, 0.25) is 5.91 Å². The quantitative estimate of drug-likeness (QED) is 0.541. The number of piperazine rings is 1. The molecule has 0 aliphatic carbocycles. The van der Waals surface area contributed by atoms with E-state index in [1.54, 1.807) is 14.2 Å². The van der Waals surface area contributed by atoms with Crippen molar-refractivity contribution in [1.29, 1.82) is 0 Å². The van der Waals surface area contributed by atoms with Crippen LogP contribution in [0.15, 0.2) is 24.3 Å². The van der Waals surface area contributed by atoms with Crippen LogP contribution in [0.2, 0.25) is 0 Å². The lowest BCUT2D eigenvalue weighted by Gasteiger charge is -2.36. The molecule has 1 fully saturated rings. The van der Waals surface area contributed by atoms with Gasteiger partial charge in [-0.05, 0) is 50.7 Å². The summed E-state index contributed by atoms with van der Waals surface area (Å²) in [6, 6.07) is 8.27. The molecule has 1 heterocycles. The van der Waals surface area contributed by atoms with Gasteiger partial charge in [-0.15, -0.1) is 0 Å². The Morgan fingerprint density at radius 2 is 1.82 bits per heavy atom. The zero-order valence-corrected chi connectivity index (χ0v) is 17.7. The van der Waals surface area contributed by atoms with Crippen LogP contribution in [0, 0.1) is 0 Å². The van der Waals surface area contributed by atoms with Crippen LogP contribution in [0.5, 0.6) is 5.75 Å². The number of amides is 1. The summed E-state index contributed by atoms with van der Waals surface area (Å²) < 4.78 is 10.3. The molecule has 1 aromatic rings. The summed E-state index contributed by atoms with van der Waals surface area (Å²) in [6.45, 7) is 8.01. The molecule has 0 aromatic heterocycles. The molecule has 0 bridgehead atoms. The summed E-state index contributed by atoms with van der Waals surface area (Å²) in [6.07, 6.45) is 1.93. The molecule has 1 saturated heterocycles. The first-order valence-corrected chi connectivity index (χ1v) is 10.2. The molecular formula is C21H36N4O3. The van der Waals surface area contributed by atoms with E-state index >= 15 is 0 Å². The maximum Gasteiger partial charge on any atom is 0.234 e. The molecule has 0 spiro atoms. The van der Waals surface area contributed by atoms with Gasteiger partial charge in [-0.1, -0.05) is 0 Å². The van der Waals surface area contributed by atoms with E-state index in [0.717, 1.165) is 71.0 Å². The lowest BCUT2D eigenvalue weighted by Crippen LogP contribution is -2.47. The van der Waals surface area contributed by atoms with Crippen molar-refractivity contribution in [2.45, 2.75) is 12.8 Å². The highest BCUT2D eigenvalue weighted by Crippen LogP contribution is 2.20. The number of likely N-dealkylation sites (N-methyl/N-ethyl adjacent to an activating group) is 1. The van der Waals surface area contributed by atoms with E-state index in [1.165, 1.54) is 5.69 Å². The molecule has 7 heteroatoms. The van der Waals surface area contributed by atoms with Gasteiger partial charge in [0.15, 0.2) is 0 Å². The van der Waals surface area contributed by atoms with E-state index in [-0.39, 0.29) is 5.91 Å². The zero-order chi connectivity index (χ0) is 20.2. The molecule has 28 heavy (non-hydrogen) atoms. The van der Waals surface area contributed by atoms with E-state index in [9.17, 15) is 4.79 Å². The molecule has 0 unspecified atom stereocenters. The number of methoxy groups -OCH3 is 2. The molecule has 7 nitrogen and oxygen atoms in total. The summed E-state index contributed by atoms with van der Waals surface area (Å²) in [4.78, 5) is 18.9. The zero-order valence-electron chi connectivity index (χ0n) is 17.7. The molecule has 0 atom stereocenters. The Morgan fingerprint density at radius 3 is 2.46 bits per heavy atom.